The van der Waals surface area contributed by atoms with Crippen LogP contribution in [-0.2, 0) is 16.1 Å². The largest absolute Gasteiger partial charge is 0.467 e. The first kappa shape index (κ1) is 17.0. The van der Waals surface area contributed by atoms with Crippen LogP contribution in [0.1, 0.15) is 37.9 Å². The molecule has 6 nitrogen and oxygen atoms in total. The Kier molecular flexibility index (Phi) is 5.23. The summed E-state index contributed by atoms with van der Waals surface area (Å²) in [4.78, 5) is 28.5. The molecule has 2 heterocycles. The van der Waals surface area contributed by atoms with Gasteiger partial charge in [0, 0.05) is 32.7 Å². The molecule has 1 aliphatic carbocycles. The van der Waals surface area contributed by atoms with Crippen molar-refractivity contribution in [1.82, 2.24) is 9.80 Å². The lowest BCUT2D eigenvalue weighted by atomic mass is 9.85. The molecule has 1 N–H and O–H groups in total. The van der Waals surface area contributed by atoms with E-state index in [-0.39, 0.29) is 36.8 Å². The second-order valence-corrected chi connectivity index (χ2v) is 7.06. The first-order valence-electron chi connectivity index (χ1n) is 8.76. The Bertz CT molecular complexity index is 564. The van der Waals surface area contributed by atoms with E-state index in [1.165, 1.54) is 0 Å². The third-order valence-corrected chi connectivity index (χ3v) is 5.46. The Labute approximate surface area is 142 Å². The van der Waals surface area contributed by atoms with Crippen LogP contribution in [0.2, 0.25) is 0 Å². The summed E-state index contributed by atoms with van der Waals surface area (Å²) in [6.07, 6.45) is 5.68. The highest BCUT2D eigenvalue weighted by Crippen LogP contribution is 2.29. The fraction of sp³-hybridized carbons (Fsp3) is 0.667. The van der Waals surface area contributed by atoms with E-state index in [4.69, 9.17) is 4.42 Å². The highest BCUT2D eigenvalue weighted by Gasteiger charge is 2.38. The number of aliphatic hydroxyl groups is 1. The number of hydrogen-bond donors (Lipinski definition) is 1. The molecule has 3 rings (SSSR count). The molecule has 1 aromatic rings. The first-order chi connectivity index (χ1) is 11.6. The van der Waals surface area contributed by atoms with E-state index in [0.29, 0.717) is 19.0 Å². The van der Waals surface area contributed by atoms with Crippen molar-refractivity contribution in [3.8, 4) is 0 Å². The van der Waals surface area contributed by atoms with Gasteiger partial charge in [0.15, 0.2) is 0 Å². The second-order valence-electron chi connectivity index (χ2n) is 7.06. The average Bonchev–Trinajstić information content (AvgIpc) is 3.24. The predicted molar refractivity (Wildman–Crippen MR) is 87.8 cm³/mol. The number of hydrogen-bond acceptors (Lipinski definition) is 4. The summed E-state index contributed by atoms with van der Waals surface area (Å²) >= 11 is 0. The van der Waals surface area contributed by atoms with Crippen molar-refractivity contribution in [2.45, 2.75) is 44.7 Å². The molecule has 6 heteroatoms. The summed E-state index contributed by atoms with van der Waals surface area (Å²) in [6.45, 7) is 1.14. The Morgan fingerprint density at radius 3 is 2.75 bits per heavy atom. The molecule has 24 heavy (non-hydrogen) atoms. The van der Waals surface area contributed by atoms with Crippen LogP contribution in [0.25, 0.3) is 0 Å². The number of amides is 2. The van der Waals surface area contributed by atoms with Crippen LogP contribution in [0.4, 0.5) is 0 Å². The molecule has 1 unspecified atom stereocenters. The van der Waals surface area contributed by atoms with Crippen molar-refractivity contribution in [2.75, 3.05) is 20.2 Å². The maximum atomic E-state index is 12.8. The molecule has 0 radical (unpaired) electrons. The van der Waals surface area contributed by atoms with Gasteiger partial charge in [-0.2, -0.15) is 0 Å². The lowest BCUT2D eigenvalue weighted by molar-refractivity contribution is -0.137. The van der Waals surface area contributed by atoms with E-state index in [9.17, 15) is 14.7 Å². The van der Waals surface area contributed by atoms with E-state index in [2.05, 4.69) is 0 Å². The number of aliphatic hydroxyl groups excluding tert-OH is 1. The molecule has 1 aromatic heterocycles. The quantitative estimate of drug-likeness (QED) is 0.888. The van der Waals surface area contributed by atoms with Gasteiger partial charge in [-0.05, 0) is 43.7 Å². The topological polar surface area (TPSA) is 74.0 Å². The monoisotopic (exact) mass is 334 g/mol. The average molecular weight is 334 g/mol. The molecule has 2 aliphatic rings. The minimum absolute atomic E-state index is 0.0159. The Morgan fingerprint density at radius 2 is 2.12 bits per heavy atom. The molecule has 2 fully saturated rings. The predicted octanol–water partition coefficient (Wildman–Crippen LogP) is 1.64. The maximum absolute atomic E-state index is 12.8. The highest BCUT2D eigenvalue weighted by atomic mass is 16.3. The second kappa shape index (κ2) is 7.38. The molecular formula is C18H26N2O4. The summed E-state index contributed by atoms with van der Waals surface area (Å²) in [5.74, 6) is 0.946. The summed E-state index contributed by atoms with van der Waals surface area (Å²) in [7, 11) is 1.85. The van der Waals surface area contributed by atoms with Crippen molar-refractivity contribution in [2.24, 2.45) is 11.8 Å². The Morgan fingerprint density at radius 1 is 1.38 bits per heavy atom. The maximum Gasteiger partial charge on any atom is 0.227 e. The molecule has 2 amide bonds. The van der Waals surface area contributed by atoms with E-state index >= 15 is 0 Å². The Hall–Kier alpha value is -1.82. The van der Waals surface area contributed by atoms with Gasteiger partial charge in [-0.1, -0.05) is 0 Å². The van der Waals surface area contributed by atoms with Crippen molar-refractivity contribution in [3.63, 3.8) is 0 Å². The highest BCUT2D eigenvalue weighted by molar-refractivity contribution is 5.89. The number of furan rings is 1. The van der Waals surface area contributed by atoms with Crippen LogP contribution >= 0.6 is 0 Å². The normalized spacial score (nSPS) is 27.5. The molecule has 1 aliphatic heterocycles. The lowest BCUT2D eigenvalue weighted by Crippen LogP contribution is -2.43. The van der Waals surface area contributed by atoms with Crippen molar-refractivity contribution in [1.29, 1.82) is 0 Å². The zero-order valence-electron chi connectivity index (χ0n) is 14.2. The zero-order chi connectivity index (χ0) is 17.1. The Balaban J connectivity index is 1.54. The number of carbonyl (C=O) groups is 2. The number of likely N-dealkylation sites (tertiary alicyclic amines) is 1. The van der Waals surface area contributed by atoms with Crippen LogP contribution in [0.5, 0.6) is 0 Å². The molecule has 132 valence electrons. The number of rotatable bonds is 5. The van der Waals surface area contributed by atoms with Gasteiger partial charge in [0.2, 0.25) is 11.8 Å². The third kappa shape index (κ3) is 3.64. The molecule has 1 saturated heterocycles. The summed E-state index contributed by atoms with van der Waals surface area (Å²) in [5, 5.41) is 9.23. The van der Waals surface area contributed by atoms with Gasteiger partial charge in [0.1, 0.15) is 5.76 Å². The van der Waals surface area contributed by atoms with Crippen LogP contribution in [-0.4, -0.2) is 53.0 Å². The van der Waals surface area contributed by atoms with Gasteiger partial charge in [0.25, 0.3) is 0 Å². The number of nitrogens with zero attached hydrogens (tertiary/aromatic N) is 2. The standard InChI is InChI=1S/C18H26N2O4/c1-19(15-6-4-13(12-21)5-7-15)18(23)14-9-17(22)20(10-14)11-16-3-2-8-24-16/h2-3,8,13-15,21H,4-7,9-12H2,1H3. The molecular weight excluding hydrogens is 308 g/mol. The minimum Gasteiger partial charge on any atom is -0.467 e. The molecule has 0 spiro atoms. The summed E-state index contributed by atoms with van der Waals surface area (Å²) < 4.78 is 5.29. The van der Waals surface area contributed by atoms with Crippen LogP contribution in [0.15, 0.2) is 22.8 Å². The third-order valence-electron chi connectivity index (χ3n) is 5.46. The SMILES string of the molecule is CN(C(=O)C1CC(=O)N(Cc2ccco2)C1)C1CCC(CO)CC1. The van der Waals surface area contributed by atoms with E-state index in [1.54, 1.807) is 17.2 Å². The summed E-state index contributed by atoms with van der Waals surface area (Å²) in [5.41, 5.74) is 0. The molecule has 0 aromatic carbocycles. The van der Waals surface area contributed by atoms with Gasteiger partial charge in [0.05, 0.1) is 18.7 Å². The van der Waals surface area contributed by atoms with Gasteiger partial charge in [-0.15, -0.1) is 0 Å². The molecule has 0 bridgehead atoms. The molecule has 1 saturated carbocycles. The van der Waals surface area contributed by atoms with Gasteiger partial charge < -0.3 is 19.3 Å². The number of carbonyl (C=O) groups excluding carboxylic acids is 2. The smallest absolute Gasteiger partial charge is 0.227 e. The van der Waals surface area contributed by atoms with Crippen LogP contribution in [0.3, 0.4) is 0 Å². The van der Waals surface area contributed by atoms with Crippen molar-refractivity contribution < 1.29 is 19.1 Å². The summed E-state index contributed by atoms with van der Waals surface area (Å²) in [6, 6.07) is 3.87. The van der Waals surface area contributed by atoms with Gasteiger partial charge in [-0.3, -0.25) is 9.59 Å². The molecule has 1 atom stereocenters. The fourth-order valence-corrected chi connectivity index (χ4v) is 3.86. The van der Waals surface area contributed by atoms with Gasteiger partial charge in [-0.25, -0.2) is 0 Å². The van der Waals surface area contributed by atoms with Crippen molar-refractivity contribution in [3.05, 3.63) is 24.2 Å². The lowest BCUT2D eigenvalue weighted by Gasteiger charge is -2.35. The van der Waals surface area contributed by atoms with Crippen molar-refractivity contribution >= 4 is 11.8 Å². The zero-order valence-corrected chi connectivity index (χ0v) is 14.2. The van der Waals surface area contributed by atoms with Crippen LogP contribution < -0.4 is 0 Å². The first-order valence-corrected chi connectivity index (χ1v) is 8.76. The van der Waals surface area contributed by atoms with E-state index in [1.807, 2.05) is 18.0 Å². The van der Waals surface area contributed by atoms with E-state index in [0.717, 1.165) is 31.4 Å². The minimum atomic E-state index is -0.256. The van der Waals surface area contributed by atoms with Gasteiger partial charge >= 0.3 is 0 Å². The van der Waals surface area contributed by atoms with Crippen LogP contribution in [0, 0.1) is 11.8 Å². The van der Waals surface area contributed by atoms with E-state index < -0.39 is 0 Å². The fourth-order valence-electron chi connectivity index (χ4n) is 3.86.